The highest BCUT2D eigenvalue weighted by atomic mass is 79.9. The minimum atomic E-state index is 0.862. The van der Waals surface area contributed by atoms with E-state index in [1.54, 1.807) is 0 Å². The molecule has 1 aromatic rings. The molecule has 1 heterocycles. The molecule has 0 atom stereocenters. The van der Waals surface area contributed by atoms with Gasteiger partial charge in [-0.25, -0.2) is 4.98 Å². The Balaban J connectivity index is 2.79. The van der Waals surface area contributed by atoms with E-state index in [9.17, 15) is 0 Å². The summed E-state index contributed by atoms with van der Waals surface area (Å²) in [6.07, 6.45) is 3.98. The van der Waals surface area contributed by atoms with Crippen LogP contribution in [0.4, 0.5) is 0 Å². The van der Waals surface area contributed by atoms with Crippen molar-refractivity contribution in [1.29, 1.82) is 0 Å². The Morgan fingerprint density at radius 2 is 2.27 bits per heavy atom. The summed E-state index contributed by atoms with van der Waals surface area (Å²) in [5.41, 5.74) is 0.971. The first-order valence-electron chi connectivity index (χ1n) is 3.18. The second kappa shape index (κ2) is 4.67. The lowest BCUT2D eigenvalue weighted by atomic mass is 10.3. The topological polar surface area (TPSA) is 12.9 Å². The number of pyridine rings is 1. The second-order valence-corrected chi connectivity index (χ2v) is 3.40. The molecular weight excluding hydrogens is 270 g/mol. The van der Waals surface area contributed by atoms with Crippen molar-refractivity contribution < 1.29 is 0 Å². The van der Waals surface area contributed by atoms with Crippen molar-refractivity contribution in [1.82, 2.24) is 4.98 Å². The number of allylic oxidation sites excluding steroid dienone is 1. The van der Waals surface area contributed by atoms with Gasteiger partial charge in [-0.05, 0) is 34.1 Å². The van der Waals surface area contributed by atoms with Gasteiger partial charge in [0, 0.05) is 5.33 Å². The van der Waals surface area contributed by atoms with E-state index in [0.29, 0.717) is 0 Å². The van der Waals surface area contributed by atoms with Crippen molar-refractivity contribution in [2.75, 3.05) is 5.33 Å². The van der Waals surface area contributed by atoms with E-state index in [2.05, 4.69) is 36.8 Å². The van der Waals surface area contributed by atoms with Crippen LogP contribution in [-0.4, -0.2) is 10.3 Å². The maximum atomic E-state index is 4.22. The molecular formula is C8H7Br2N. The molecule has 0 amide bonds. The molecule has 0 spiro atoms. The molecule has 0 aliphatic heterocycles. The van der Waals surface area contributed by atoms with Gasteiger partial charge in [-0.15, -0.1) is 0 Å². The fourth-order valence-electron chi connectivity index (χ4n) is 0.682. The van der Waals surface area contributed by atoms with Crippen molar-refractivity contribution in [3.63, 3.8) is 0 Å². The van der Waals surface area contributed by atoms with Crippen molar-refractivity contribution in [3.8, 4) is 0 Å². The van der Waals surface area contributed by atoms with Crippen molar-refractivity contribution >= 4 is 37.9 Å². The molecule has 1 aromatic heterocycles. The second-order valence-electron chi connectivity index (χ2n) is 1.94. The third kappa shape index (κ3) is 3.16. The first-order chi connectivity index (χ1) is 5.33. The zero-order valence-electron chi connectivity index (χ0n) is 5.80. The van der Waals surface area contributed by atoms with Crippen LogP contribution in [0.25, 0.3) is 6.08 Å². The van der Waals surface area contributed by atoms with Gasteiger partial charge in [0.15, 0.2) is 0 Å². The van der Waals surface area contributed by atoms with Gasteiger partial charge in [-0.2, -0.15) is 0 Å². The van der Waals surface area contributed by atoms with E-state index < -0.39 is 0 Å². The van der Waals surface area contributed by atoms with E-state index >= 15 is 0 Å². The molecule has 0 saturated carbocycles. The highest BCUT2D eigenvalue weighted by Gasteiger charge is 1.88. The number of nitrogens with zero attached hydrogens (tertiary/aromatic N) is 1. The molecule has 1 nitrogen and oxygen atoms in total. The van der Waals surface area contributed by atoms with E-state index in [-0.39, 0.29) is 0 Å². The van der Waals surface area contributed by atoms with E-state index in [1.165, 1.54) is 0 Å². The third-order valence-electron chi connectivity index (χ3n) is 1.11. The third-order valence-corrected chi connectivity index (χ3v) is 1.93. The minimum Gasteiger partial charge on any atom is -0.242 e. The van der Waals surface area contributed by atoms with E-state index in [1.807, 2.05) is 30.4 Å². The van der Waals surface area contributed by atoms with Gasteiger partial charge < -0.3 is 0 Å². The van der Waals surface area contributed by atoms with Crippen LogP contribution >= 0.6 is 31.9 Å². The van der Waals surface area contributed by atoms with Gasteiger partial charge in [0.05, 0.1) is 5.69 Å². The predicted molar refractivity (Wildman–Crippen MR) is 54.8 cm³/mol. The van der Waals surface area contributed by atoms with Gasteiger partial charge in [-0.3, -0.25) is 0 Å². The van der Waals surface area contributed by atoms with Crippen LogP contribution in [0.15, 0.2) is 28.9 Å². The monoisotopic (exact) mass is 275 g/mol. The first-order valence-corrected chi connectivity index (χ1v) is 5.09. The Kier molecular flexibility index (Phi) is 3.80. The lowest BCUT2D eigenvalue weighted by Gasteiger charge is -1.91. The van der Waals surface area contributed by atoms with Gasteiger partial charge >= 0.3 is 0 Å². The van der Waals surface area contributed by atoms with E-state index in [0.717, 1.165) is 15.6 Å². The van der Waals surface area contributed by atoms with Crippen molar-refractivity contribution in [2.45, 2.75) is 0 Å². The van der Waals surface area contributed by atoms with Crippen LogP contribution in [0, 0.1) is 0 Å². The molecule has 1 rings (SSSR count). The molecule has 0 radical (unpaired) electrons. The number of rotatable bonds is 2. The molecule has 0 bridgehead atoms. The molecule has 0 fully saturated rings. The highest BCUT2D eigenvalue weighted by molar-refractivity contribution is 9.10. The lowest BCUT2D eigenvalue weighted by Crippen LogP contribution is -1.79. The summed E-state index contributed by atoms with van der Waals surface area (Å²) < 4.78 is 0.870. The Labute approximate surface area is 82.8 Å². The molecule has 0 aromatic carbocycles. The number of alkyl halides is 1. The van der Waals surface area contributed by atoms with Gasteiger partial charge in [0.2, 0.25) is 0 Å². The molecule has 0 N–H and O–H groups in total. The normalized spacial score (nSPS) is 10.7. The van der Waals surface area contributed by atoms with Crippen LogP contribution < -0.4 is 0 Å². The lowest BCUT2D eigenvalue weighted by molar-refractivity contribution is 1.25. The SMILES string of the molecule is BrCC=Cc1cccc(Br)n1. The average Bonchev–Trinajstić information content (AvgIpc) is 2.01. The number of hydrogen-bond donors (Lipinski definition) is 0. The fourth-order valence-corrected chi connectivity index (χ4v) is 1.23. The summed E-state index contributed by atoms with van der Waals surface area (Å²) in [5, 5.41) is 0.862. The fraction of sp³-hybridized carbons (Fsp3) is 0.125. The molecule has 11 heavy (non-hydrogen) atoms. The summed E-state index contributed by atoms with van der Waals surface area (Å²) >= 11 is 6.60. The maximum Gasteiger partial charge on any atom is 0.106 e. The van der Waals surface area contributed by atoms with Crippen LogP contribution in [0.1, 0.15) is 5.69 Å². The predicted octanol–water partition coefficient (Wildman–Crippen LogP) is 3.25. The zero-order chi connectivity index (χ0) is 8.10. The number of hydrogen-bond acceptors (Lipinski definition) is 1. The van der Waals surface area contributed by atoms with Gasteiger partial charge in [0.1, 0.15) is 4.60 Å². The summed E-state index contributed by atoms with van der Waals surface area (Å²) in [6, 6.07) is 5.83. The summed E-state index contributed by atoms with van der Waals surface area (Å²) in [4.78, 5) is 4.22. The highest BCUT2D eigenvalue weighted by Crippen LogP contribution is 2.07. The molecule has 58 valence electrons. The van der Waals surface area contributed by atoms with E-state index in [4.69, 9.17) is 0 Å². The Morgan fingerprint density at radius 3 is 2.91 bits per heavy atom. The van der Waals surface area contributed by atoms with Crippen LogP contribution in [0.3, 0.4) is 0 Å². The van der Waals surface area contributed by atoms with Crippen LogP contribution in [0.5, 0.6) is 0 Å². The molecule has 0 unspecified atom stereocenters. The molecule has 0 aliphatic rings. The average molecular weight is 277 g/mol. The largest absolute Gasteiger partial charge is 0.242 e. The Hall–Kier alpha value is -0.150. The Morgan fingerprint density at radius 1 is 1.45 bits per heavy atom. The quantitative estimate of drug-likeness (QED) is 0.597. The maximum absolute atomic E-state index is 4.22. The van der Waals surface area contributed by atoms with Gasteiger partial charge in [-0.1, -0.05) is 28.1 Å². The first kappa shape index (κ1) is 8.94. The van der Waals surface area contributed by atoms with Crippen LogP contribution in [-0.2, 0) is 0 Å². The van der Waals surface area contributed by atoms with Crippen molar-refractivity contribution in [2.24, 2.45) is 0 Å². The smallest absolute Gasteiger partial charge is 0.106 e. The summed E-state index contributed by atoms with van der Waals surface area (Å²) in [7, 11) is 0. The summed E-state index contributed by atoms with van der Waals surface area (Å²) in [5.74, 6) is 0. The molecule has 3 heteroatoms. The number of halogens is 2. The van der Waals surface area contributed by atoms with Crippen LogP contribution in [0.2, 0.25) is 0 Å². The van der Waals surface area contributed by atoms with Gasteiger partial charge in [0.25, 0.3) is 0 Å². The Bertz CT molecular complexity index is 258. The zero-order valence-corrected chi connectivity index (χ0v) is 8.97. The standard InChI is InChI=1S/C8H7Br2N/c9-6-2-4-7-3-1-5-8(10)11-7/h1-5H,6H2. The molecule has 0 saturated heterocycles. The summed E-state index contributed by atoms with van der Waals surface area (Å²) in [6.45, 7) is 0. The minimum absolute atomic E-state index is 0.862. The number of aromatic nitrogens is 1. The molecule has 0 aliphatic carbocycles. The van der Waals surface area contributed by atoms with Crippen molar-refractivity contribution in [3.05, 3.63) is 34.6 Å².